The Labute approximate surface area is 149 Å². The fraction of sp³-hybridized carbons (Fsp3) is 0.368. The molecule has 6 heteroatoms. The van der Waals surface area contributed by atoms with Crippen molar-refractivity contribution in [3.05, 3.63) is 47.5 Å². The van der Waals surface area contributed by atoms with Gasteiger partial charge in [-0.3, -0.25) is 4.79 Å². The average Bonchev–Trinajstić information content (AvgIpc) is 2.58. The smallest absolute Gasteiger partial charge is 0.252 e. The summed E-state index contributed by atoms with van der Waals surface area (Å²) in [6, 6.07) is 11.3. The molecule has 0 aliphatic carbocycles. The number of nitrogens with two attached hydrogens (primary N) is 2. The van der Waals surface area contributed by atoms with Gasteiger partial charge >= 0.3 is 0 Å². The summed E-state index contributed by atoms with van der Waals surface area (Å²) in [4.78, 5) is 16.2. The molecule has 1 aromatic heterocycles. The van der Waals surface area contributed by atoms with E-state index >= 15 is 0 Å². The Morgan fingerprint density at radius 1 is 1.28 bits per heavy atom. The second kappa shape index (κ2) is 9.03. The van der Waals surface area contributed by atoms with Gasteiger partial charge in [0.2, 0.25) is 0 Å². The van der Waals surface area contributed by atoms with E-state index in [-0.39, 0.29) is 6.04 Å². The highest BCUT2D eigenvalue weighted by molar-refractivity contribution is 5.98. The quantitative estimate of drug-likeness (QED) is 0.560. The summed E-state index contributed by atoms with van der Waals surface area (Å²) in [6.45, 7) is 4.78. The maximum absolute atomic E-state index is 11.7. The molecule has 0 spiro atoms. The monoisotopic (exact) mass is 341 g/mol. The third-order valence-electron chi connectivity index (χ3n) is 3.92. The van der Waals surface area contributed by atoms with Crippen molar-refractivity contribution in [3.63, 3.8) is 0 Å². The number of anilines is 3. The zero-order valence-electron chi connectivity index (χ0n) is 14.9. The standard InChI is InChI=1S/C19H27N5O/c1-3-4-7-14(20)12-22-17-10-9-16(18(21)25)19(24-17)23-15-8-5-6-13(2)11-15/h5-6,8-11,14H,3-4,7,12,20H2,1-2H3,(H2,21,25)(H2,22,23,24). The molecule has 25 heavy (non-hydrogen) atoms. The minimum absolute atomic E-state index is 0.0748. The number of carbonyl (C=O) groups is 1. The Balaban J connectivity index is 2.14. The van der Waals surface area contributed by atoms with Crippen LogP contribution in [0.4, 0.5) is 17.3 Å². The highest BCUT2D eigenvalue weighted by Crippen LogP contribution is 2.21. The van der Waals surface area contributed by atoms with Crippen molar-refractivity contribution in [2.24, 2.45) is 11.5 Å². The minimum atomic E-state index is -0.520. The zero-order valence-corrected chi connectivity index (χ0v) is 14.9. The van der Waals surface area contributed by atoms with Crippen LogP contribution < -0.4 is 22.1 Å². The number of carbonyl (C=O) groups excluding carboxylic acids is 1. The molecule has 0 saturated heterocycles. The predicted octanol–water partition coefficient (Wildman–Crippen LogP) is 3.16. The highest BCUT2D eigenvalue weighted by Gasteiger charge is 2.12. The van der Waals surface area contributed by atoms with Crippen LogP contribution in [-0.2, 0) is 0 Å². The number of primary amides is 1. The zero-order chi connectivity index (χ0) is 18.2. The van der Waals surface area contributed by atoms with Crippen molar-refractivity contribution < 1.29 is 4.79 Å². The summed E-state index contributed by atoms with van der Waals surface area (Å²) in [5.74, 6) is 0.575. The van der Waals surface area contributed by atoms with Gasteiger partial charge < -0.3 is 22.1 Å². The van der Waals surface area contributed by atoms with Crippen LogP contribution in [-0.4, -0.2) is 23.5 Å². The Hall–Kier alpha value is -2.60. The summed E-state index contributed by atoms with van der Waals surface area (Å²) in [5, 5.41) is 6.40. The van der Waals surface area contributed by atoms with Gasteiger partial charge in [-0.05, 0) is 43.2 Å². The Morgan fingerprint density at radius 2 is 2.08 bits per heavy atom. The van der Waals surface area contributed by atoms with Crippen LogP contribution in [0.25, 0.3) is 0 Å². The number of aryl methyl sites for hydroxylation is 1. The average molecular weight is 341 g/mol. The van der Waals surface area contributed by atoms with Gasteiger partial charge in [-0.2, -0.15) is 0 Å². The lowest BCUT2D eigenvalue weighted by Crippen LogP contribution is -2.29. The van der Waals surface area contributed by atoms with Gasteiger partial charge in [0.15, 0.2) is 0 Å². The van der Waals surface area contributed by atoms with E-state index in [1.807, 2.05) is 31.2 Å². The normalized spacial score (nSPS) is 11.8. The Morgan fingerprint density at radius 3 is 2.76 bits per heavy atom. The maximum Gasteiger partial charge on any atom is 0.252 e. The summed E-state index contributed by atoms with van der Waals surface area (Å²) in [7, 11) is 0. The topological polar surface area (TPSA) is 106 Å². The van der Waals surface area contributed by atoms with Gasteiger partial charge in [-0.25, -0.2) is 4.98 Å². The summed E-state index contributed by atoms with van der Waals surface area (Å²) in [6.07, 6.45) is 3.21. The van der Waals surface area contributed by atoms with Gasteiger partial charge in [-0.15, -0.1) is 0 Å². The first-order valence-electron chi connectivity index (χ1n) is 8.63. The van der Waals surface area contributed by atoms with E-state index in [0.717, 1.165) is 30.5 Å². The first kappa shape index (κ1) is 18.7. The number of benzene rings is 1. The van der Waals surface area contributed by atoms with Crippen molar-refractivity contribution in [2.45, 2.75) is 39.2 Å². The van der Waals surface area contributed by atoms with Gasteiger partial charge in [0.05, 0.1) is 5.56 Å². The molecule has 1 unspecified atom stereocenters. The second-order valence-electron chi connectivity index (χ2n) is 6.23. The van der Waals surface area contributed by atoms with E-state index in [1.165, 1.54) is 0 Å². The maximum atomic E-state index is 11.7. The van der Waals surface area contributed by atoms with Crippen molar-refractivity contribution >= 4 is 23.2 Å². The van der Waals surface area contributed by atoms with E-state index in [2.05, 4.69) is 22.5 Å². The molecule has 0 bridgehead atoms. The Kier molecular flexibility index (Phi) is 6.77. The number of pyridine rings is 1. The van der Waals surface area contributed by atoms with Crippen LogP contribution in [0.5, 0.6) is 0 Å². The van der Waals surface area contributed by atoms with Crippen molar-refractivity contribution in [3.8, 4) is 0 Å². The minimum Gasteiger partial charge on any atom is -0.368 e. The molecule has 0 aliphatic heterocycles. The summed E-state index contributed by atoms with van der Waals surface area (Å²) < 4.78 is 0. The molecule has 0 aliphatic rings. The molecule has 1 heterocycles. The molecular formula is C19H27N5O. The fourth-order valence-electron chi connectivity index (χ4n) is 2.52. The third-order valence-corrected chi connectivity index (χ3v) is 3.92. The predicted molar refractivity (Wildman–Crippen MR) is 103 cm³/mol. The van der Waals surface area contributed by atoms with E-state index in [9.17, 15) is 4.79 Å². The van der Waals surface area contributed by atoms with E-state index < -0.39 is 5.91 Å². The lowest BCUT2D eigenvalue weighted by molar-refractivity contribution is 0.100. The number of hydrogen-bond acceptors (Lipinski definition) is 5. The lowest BCUT2D eigenvalue weighted by atomic mass is 10.1. The molecule has 2 rings (SSSR count). The van der Waals surface area contributed by atoms with E-state index in [0.29, 0.717) is 23.7 Å². The molecule has 0 saturated carbocycles. The van der Waals surface area contributed by atoms with Crippen LogP contribution in [0.15, 0.2) is 36.4 Å². The van der Waals surface area contributed by atoms with Crippen LogP contribution in [0.3, 0.4) is 0 Å². The van der Waals surface area contributed by atoms with Crippen LogP contribution in [0.2, 0.25) is 0 Å². The van der Waals surface area contributed by atoms with Crippen molar-refractivity contribution in [2.75, 3.05) is 17.2 Å². The first-order chi connectivity index (χ1) is 12.0. The number of rotatable bonds is 9. The number of hydrogen-bond donors (Lipinski definition) is 4. The van der Waals surface area contributed by atoms with Crippen LogP contribution >= 0.6 is 0 Å². The van der Waals surface area contributed by atoms with E-state index in [4.69, 9.17) is 11.5 Å². The Bertz CT molecular complexity index is 717. The highest BCUT2D eigenvalue weighted by atomic mass is 16.1. The van der Waals surface area contributed by atoms with Gasteiger partial charge in [-0.1, -0.05) is 31.9 Å². The molecule has 2 aromatic rings. The molecule has 0 radical (unpaired) electrons. The molecule has 6 nitrogen and oxygen atoms in total. The second-order valence-corrected chi connectivity index (χ2v) is 6.23. The van der Waals surface area contributed by atoms with Crippen molar-refractivity contribution in [1.82, 2.24) is 4.98 Å². The van der Waals surface area contributed by atoms with Gasteiger partial charge in [0.25, 0.3) is 5.91 Å². The largest absolute Gasteiger partial charge is 0.368 e. The van der Waals surface area contributed by atoms with E-state index in [1.54, 1.807) is 12.1 Å². The number of nitrogens with one attached hydrogen (secondary N) is 2. The summed E-state index contributed by atoms with van der Waals surface area (Å²) in [5.41, 5.74) is 13.9. The molecule has 1 amide bonds. The molecular weight excluding hydrogens is 314 g/mol. The fourth-order valence-corrected chi connectivity index (χ4v) is 2.52. The van der Waals surface area contributed by atoms with Gasteiger partial charge in [0.1, 0.15) is 11.6 Å². The SMILES string of the molecule is CCCCC(N)CNc1ccc(C(N)=O)c(Nc2cccc(C)c2)n1. The van der Waals surface area contributed by atoms with Crippen molar-refractivity contribution in [1.29, 1.82) is 0 Å². The molecule has 0 fully saturated rings. The molecule has 1 aromatic carbocycles. The number of amides is 1. The van der Waals surface area contributed by atoms with Gasteiger partial charge in [0, 0.05) is 18.3 Å². The molecule has 1 atom stereocenters. The number of unbranched alkanes of at least 4 members (excludes halogenated alkanes) is 1. The van der Waals surface area contributed by atoms with Crippen LogP contribution in [0.1, 0.15) is 42.1 Å². The third kappa shape index (κ3) is 5.76. The van der Waals surface area contributed by atoms with Crippen LogP contribution in [0, 0.1) is 6.92 Å². The first-order valence-corrected chi connectivity index (χ1v) is 8.63. The summed E-state index contributed by atoms with van der Waals surface area (Å²) >= 11 is 0. The number of nitrogens with zero attached hydrogens (tertiary/aromatic N) is 1. The number of aromatic nitrogens is 1. The molecule has 134 valence electrons. The lowest BCUT2D eigenvalue weighted by Gasteiger charge is -2.15. The molecule has 6 N–H and O–H groups in total.